The monoisotopic (exact) mass is 530 g/mol. The number of esters is 1. The van der Waals surface area contributed by atoms with Crippen LogP contribution in [0.3, 0.4) is 0 Å². The van der Waals surface area contributed by atoms with Crippen molar-refractivity contribution in [3.8, 4) is 0 Å². The fourth-order valence-corrected chi connectivity index (χ4v) is 26.1. The Labute approximate surface area is 188 Å². The molecule has 0 radical (unpaired) electrons. The SMILES string of the molecule is CCCC[C]1([Sn]([CH3])([CH3])[CH3])C(C(=O)OCC)C1[Si](C)(c1ccccc1)c1ccccc1. The molecule has 0 saturated heterocycles. The number of ether oxygens (including phenoxy) is 1. The van der Waals surface area contributed by atoms with Crippen LogP contribution in [0, 0.1) is 5.92 Å². The zero-order chi connectivity index (χ0) is 22.0. The van der Waals surface area contributed by atoms with Crippen LogP contribution in [-0.4, -0.2) is 39.0 Å². The molecule has 0 bridgehead atoms. The quantitative estimate of drug-likeness (QED) is 0.307. The van der Waals surface area contributed by atoms with Gasteiger partial charge in [0.05, 0.1) is 0 Å². The first-order valence-corrected chi connectivity index (χ1v) is 24.1. The number of unbranched alkanes of at least 4 members (excludes halogenated alkanes) is 1. The Morgan fingerprint density at radius 1 is 0.967 bits per heavy atom. The summed E-state index contributed by atoms with van der Waals surface area (Å²) in [5.41, 5.74) is 0.427. The molecule has 0 amide bonds. The molecular weight excluding hydrogens is 491 g/mol. The molecular formula is C26H38O2SiSn. The summed E-state index contributed by atoms with van der Waals surface area (Å²) in [6.07, 6.45) is 3.56. The van der Waals surface area contributed by atoms with E-state index in [1.807, 2.05) is 6.92 Å². The van der Waals surface area contributed by atoms with E-state index in [-0.39, 0.29) is 15.3 Å². The van der Waals surface area contributed by atoms with Crippen LogP contribution in [0.25, 0.3) is 0 Å². The molecule has 1 aliphatic carbocycles. The second-order valence-electron chi connectivity index (χ2n) is 10.0. The summed E-state index contributed by atoms with van der Waals surface area (Å²) in [5.74, 6) is 0.132. The molecule has 30 heavy (non-hydrogen) atoms. The maximum atomic E-state index is 13.4. The van der Waals surface area contributed by atoms with Crippen molar-refractivity contribution in [1.29, 1.82) is 0 Å². The Morgan fingerprint density at radius 2 is 1.47 bits per heavy atom. The molecule has 2 nitrogen and oxygen atoms in total. The van der Waals surface area contributed by atoms with Crippen LogP contribution in [-0.2, 0) is 9.53 Å². The second-order valence-corrected chi connectivity index (χ2v) is 29.7. The van der Waals surface area contributed by atoms with E-state index in [0.717, 1.165) is 0 Å². The Bertz CT molecular complexity index is 807. The van der Waals surface area contributed by atoms with Crippen LogP contribution in [0.2, 0.25) is 30.3 Å². The van der Waals surface area contributed by atoms with Gasteiger partial charge in [-0.15, -0.1) is 0 Å². The molecule has 3 rings (SSSR count). The zero-order valence-corrected chi connectivity index (χ0v) is 23.4. The average Bonchev–Trinajstić information content (AvgIpc) is 3.44. The van der Waals surface area contributed by atoms with Crippen molar-refractivity contribution in [1.82, 2.24) is 0 Å². The predicted octanol–water partition coefficient (Wildman–Crippen LogP) is 5.71. The van der Waals surface area contributed by atoms with E-state index in [1.165, 1.54) is 29.6 Å². The first kappa shape index (κ1) is 23.6. The van der Waals surface area contributed by atoms with E-state index in [2.05, 4.69) is 89.0 Å². The molecule has 0 N–H and O–H groups in total. The van der Waals surface area contributed by atoms with Gasteiger partial charge < -0.3 is 0 Å². The molecule has 1 aliphatic rings. The van der Waals surface area contributed by atoms with Crippen molar-refractivity contribution in [2.45, 2.75) is 63.4 Å². The van der Waals surface area contributed by atoms with Crippen molar-refractivity contribution >= 4 is 42.8 Å². The number of hydrogen-bond acceptors (Lipinski definition) is 2. The first-order chi connectivity index (χ1) is 14.2. The van der Waals surface area contributed by atoms with Gasteiger partial charge in [0.1, 0.15) is 0 Å². The summed E-state index contributed by atoms with van der Waals surface area (Å²) < 4.78 is 5.89. The van der Waals surface area contributed by atoms with E-state index >= 15 is 0 Å². The molecule has 0 heterocycles. The third kappa shape index (κ3) is 3.92. The number of carbonyl (C=O) groups excluding carboxylic acids is 1. The van der Waals surface area contributed by atoms with E-state index in [4.69, 9.17) is 4.74 Å². The van der Waals surface area contributed by atoms with Gasteiger partial charge in [0.25, 0.3) is 0 Å². The van der Waals surface area contributed by atoms with Crippen molar-refractivity contribution < 1.29 is 9.53 Å². The normalized spacial score (nSPS) is 23.8. The summed E-state index contributed by atoms with van der Waals surface area (Å²) in [5, 5.41) is 2.90. The molecule has 0 spiro atoms. The van der Waals surface area contributed by atoms with Gasteiger partial charge in [-0.25, -0.2) is 0 Å². The van der Waals surface area contributed by atoms with Gasteiger partial charge in [-0.1, -0.05) is 0 Å². The zero-order valence-electron chi connectivity index (χ0n) is 19.6. The topological polar surface area (TPSA) is 26.3 Å². The maximum absolute atomic E-state index is 13.4. The van der Waals surface area contributed by atoms with E-state index in [1.54, 1.807) is 0 Å². The minimum atomic E-state index is -2.54. The van der Waals surface area contributed by atoms with Crippen molar-refractivity contribution in [3.63, 3.8) is 0 Å². The van der Waals surface area contributed by atoms with Crippen molar-refractivity contribution in [2.24, 2.45) is 5.92 Å². The van der Waals surface area contributed by atoms with Crippen LogP contribution in [0.5, 0.6) is 0 Å². The third-order valence-corrected chi connectivity index (χ3v) is 24.0. The van der Waals surface area contributed by atoms with Gasteiger partial charge in [-0.05, 0) is 0 Å². The second kappa shape index (κ2) is 9.19. The number of benzene rings is 2. The number of carbonyl (C=O) groups is 1. The van der Waals surface area contributed by atoms with Crippen LogP contribution in [0.1, 0.15) is 33.1 Å². The van der Waals surface area contributed by atoms with Crippen LogP contribution < -0.4 is 10.4 Å². The Balaban J connectivity index is 2.23. The molecule has 2 aromatic rings. The van der Waals surface area contributed by atoms with Gasteiger partial charge in [0.15, 0.2) is 0 Å². The summed E-state index contributed by atoms with van der Waals surface area (Å²) >= 11 is -2.54. The molecule has 0 aromatic heterocycles. The molecule has 3 atom stereocenters. The molecule has 1 fully saturated rings. The van der Waals surface area contributed by atoms with Gasteiger partial charge in [0, 0.05) is 0 Å². The van der Waals surface area contributed by atoms with E-state index in [9.17, 15) is 4.79 Å². The molecule has 4 heteroatoms. The predicted molar refractivity (Wildman–Crippen MR) is 133 cm³/mol. The average molecular weight is 529 g/mol. The number of rotatable bonds is 9. The fraction of sp³-hybridized carbons (Fsp3) is 0.500. The van der Waals surface area contributed by atoms with Crippen LogP contribution >= 0.6 is 0 Å². The van der Waals surface area contributed by atoms with E-state index in [0.29, 0.717) is 12.1 Å². The fourth-order valence-electron chi connectivity index (χ4n) is 6.05. The molecule has 0 aliphatic heterocycles. The summed E-state index contributed by atoms with van der Waals surface area (Å²) in [6.45, 7) is 7.20. The van der Waals surface area contributed by atoms with Crippen LogP contribution in [0.15, 0.2) is 60.7 Å². The van der Waals surface area contributed by atoms with Crippen LogP contribution in [0.4, 0.5) is 0 Å². The van der Waals surface area contributed by atoms with Gasteiger partial charge in [-0.2, -0.15) is 0 Å². The van der Waals surface area contributed by atoms with Crippen molar-refractivity contribution in [2.75, 3.05) is 6.61 Å². The summed E-state index contributed by atoms with van der Waals surface area (Å²) in [4.78, 5) is 21.0. The Morgan fingerprint density at radius 3 is 1.87 bits per heavy atom. The van der Waals surface area contributed by atoms with Gasteiger partial charge >= 0.3 is 189 Å². The molecule has 2 aromatic carbocycles. The third-order valence-electron chi connectivity index (χ3n) is 7.58. The molecule has 3 unspecified atom stereocenters. The van der Waals surface area contributed by atoms with Gasteiger partial charge in [0.2, 0.25) is 0 Å². The molecule has 1 saturated carbocycles. The first-order valence-electron chi connectivity index (χ1n) is 11.5. The molecule has 162 valence electrons. The Kier molecular flexibility index (Phi) is 7.23. The minimum absolute atomic E-state index is 0.0656. The van der Waals surface area contributed by atoms with Gasteiger partial charge in [-0.3, -0.25) is 0 Å². The standard InChI is InChI=1S/C23H29O2Si.3CH3.Sn/c1-4-6-17-20-21(23(24)25-5-2)22(20)26(3,18-13-9-7-10-14-18)19-15-11-8-12-16-19;;;;/h7-16,21-22H,4-6,17H2,1-3H3;3*1H3;. The van der Waals surface area contributed by atoms with Crippen molar-refractivity contribution in [3.05, 3.63) is 60.7 Å². The summed E-state index contributed by atoms with van der Waals surface area (Å²) in [7, 11) is -2.17. The van der Waals surface area contributed by atoms with E-state index < -0.39 is 26.5 Å². The summed E-state index contributed by atoms with van der Waals surface area (Å²) in [6, 6.07) is 22.1. The Hall–Kier alpha value is -1.07. The number of hydrogen-bond donors (Lipinski definition) is 0.